The maximum atomic E-state index is 13.1. The van der Waals surface area contributed by atoms with Crippen LogP contribution in [0.4, 0.5) is 29.5 Å². The summed E-state index contributed by atoms with van der Waals surface area (Å²) in [5.74, 6) is 0.496. The van der Waals surface area contributed by atoms with E-state index in [1.54, 1.807) is 13.2 Å². The van der Waals surface area contributed by atoms with E-state index in [1.165, 1.54) is 0 Å². The zero-order valence-corrected chi connectivity index (χ0v) is 16.5. The molecule has 0 amide bonds. The first kappa shape index (κ1) is 20.6. The molecule has 2 aliphatic rings. The maximum Gasteiger partial charge on any atom is 0.443 e. The Morgan fingerprint density at radius 3 is 2.54 bits per heavy atom. The van der Waals surface area contributed by atoms with Crippen LogP contribution in [-0.4, -0.2) is 55.6 Å². The van der Waals surface area contributed by atoms with Gasteiger partial charge in [0, 0.05) is 39.9 Å². The maximum absolute atomic E-state index is 13.1. The van der Waals surface area contributed by atoms with Crippen molar-refractivity contribution in [3.63, 3.8) is 0 Å². The fourth-order valence-corrected chi connectivity index (χ4v) is 3.58. The molecule has 0 unspecified atom stereocenters. The van der Waals surface area contributed by atoms with Gasteiger partial charge in [-0.25, -0.2) is 9.98 Å². The van der Waals surface area contributed by atoms with Crippen LogP contribution in [0.25, 0.3) is 0 Å². The summed E-state index contributed by atoms with van der Waals surface area (Å²) < 4.78 is 43.8. The smallest absolute Gasteiger partial charge is 0.385 e. The highest BCUT2D eigenvalue weighted by atomic mass is 32.1. The second kappa shape index (κ2) is 8.89. The van der Waals surface area contributed by atoms with Crippen LogP contribution in [0.15, 0.2) is 29.3 Å². The van der Waals surface area contributed by atoms with E-state index in [0.29, 0.717) is 46.6 Å². The minimum atomic E-state index is -4.47. The van der Waals surface area contributed by atoms with Crippen LogP contribution in [0.1, 0.15) is 17.6 Å². The molecule has 3 heterocycles. The zero-order chi connectivity index (χ0) is 20.1. The standard InChI is InChI=1S/C15H14F3N5S.C3H8O/c16-15(17,18)14-22-11-12(23-7-5-19-6-8-23)20-9-3-1-2-4-10(9)21-13(11)24-14;1-3-4-2/h1-4,19,21H,5-8H2;3H2,1-2H3. The van der Waals surface area contributed by atoms with Gasteiger partial charge in [0.1, 0.15) is 10.7 Å². The topological polar surface area (TPSA) is 61.8 Å². The first-order chi connectivity index (χ1) is 13.4. The van der Waals surface area contributed by atoms with Crippen molar-refractivity contribution in [1.29, 1.82) is 0 Å². The second-order valence-corrected chi connectivity index (χ2v) is 7.09. The monoisotopic (exact) mass is 413 g/mol. The van der Waals surface area contributed by atoms with E-state index in [1.807, 2.05) is 30.0 Å². The van der Waals surface area contributed by atoms with E-state index in [9.17, 15) is 13.2 Å². The number of anilines is 2. The molecular formula is C18H22F3N5OS. The quantitative estimate of drug-likeness (QED) is 0.744. The van der Waals surface area contributed by atoms with Crippen LogP contribution in [0.2, 0.25) is 0 Å². The highest BCUT2D eigenvalue weighted by molar-refractivity contribution is 7.16. The first-order valence-corrected chi connectivity index (χ1v) is 9.73. The lowest BCUT2D eigenvalue weighted by Gasteiger charge is -2.29. The fraction of sp³-hybridized carbons (Fsp3) is 0.444. The summed E-state index contributed by atoms with van der Waals surface area (Å²) >= 11 is 0.617. The number of aliphatic imine (C=N–C) groups is 1. The van der Waals surface area contributed by atoms with E-state index < -0.39 is 11.2 Å². The third-order valence-electron chi connectivity index (χ3n) is 4.17. The van der Waals surface area contributed by atoms with Crippen molar-refractivity contribution in [1.82, 2.24) is 15.2 Å². The molecule has 2 N–H and O–H groups in total. The largest absolute Gasteiger partial charge is 0.443 e. The first-order valence-electron chi connectivity index (χ1n) is 8.91. The SMILES string of the molecule is CCOC.FC(F)(F)c1nc2c(s1)Nc1ccccc1N=C2N1CCNCC1. The highest BCUT2D eigenvalue weighted by Crippen LogP contribution is 2.42. The number of halogens is 3. The number of fused-ring (bicyclic) bond motifs is 2. The fourth-order valence-electron chi connectivity index (χ4n) is 2.74. The summed E-state index contributed by atoms with van der Waals surface area (Å²) in [4.78, 5) is 10.5. The molecule has 152 valence electrons. The third-order valence-corrected chi connectivity index (χ3v) is 5.18. The second-order valence-electron chi connectivity index (χ2n) is 6.09. The Morgan fingerprint density at radius 1 is 1.21 bits per heavy atom. The lowest BCUT2D eigenvalue weighted by Crippen LogP contribution is -2.46. The lowest BCUT2D eigenvalue weighted by atomic mass is 10.3. The molecular weight excluding hydrogens is 391 g/mol. The normalized spacial score (nSPS) is 16.0. The molecule has 1 fully saturated rings. The van der Waals surface area contributed by atoms with E-state index in [-0.39, 0.29) is 5.69 Å². The van der Waals surface area contributed by atoms with Crippen LogP contribution in [0.5, 0.6) is 0 Å². The Labute approximate surface area is 165 Å². The number of methoxy groups -OCH3 is 1. The lowest BCUT2D eigenvalue weighted by molar-refractivity contribution is -0.137. The summed E-state index contributed by atoms with van der Waals surface area (Å²) in [5, 5.41) is 5.82. The average molecular weight is 413 g/mol. The summed E-state index contributed by atoms with van der Waals surface area (Å²) in [6.45, 7) is 5.66. The molecule has 10 heteroatoms. The Hall–Kier alpha value is -2.17. The van der Waals surface area contributed by atoms with Gasteiger partial charge in [-0.15, -0.1) is 0 Å². The summed E-state index contributed by atoms with van der Waals surface area (Å²) in [5.41, 5.74) is 1.65. The number of amidine groups is 1. The van der Waals surface area contributed by atoms with Gasteiger partial charge in [-0.2, -0.15) is 13.2 Å². The van der Waals surface area contributed by atoms with Crippen LogP contribution in [0, 0.1) is 0 Å². The summed E-state index contributed by atoms with van der Waals surface area (Å²) in [7, 11) is 1.68. The Balaban J connectivity index is 0.000000516. The molecule has 0 atom stereocenters. The molecule has 2 aliphatic heterocycles. The number of hydrogen-bond donors (Lipinski definition) is 2. The minimum absolute atomic E-state index is 0.269. The van der Waals surface area contributed by atoms with Gasteiger partial charge >= 0.3 is 6.18 Å². The molecule has 4 rings (SSSR count). The molecule has 2 aromatic rings. The molecule has 1 aromatic carbocycles. The van der Waals surface area contributed by atoms with Gasteiger partial charge in [0.15, 0.2) is 5.84 Å². The zero-order valence-electron chi connectivity index (χ0n) is 15.6. The van der Waals surface area contributed by atoms with E-state index >= 15 is 0 Å². The highest BCUT2D eigenvalue weighted by Gasteiger charge is 2.38. The van der Waals surface area contributed by atoms with Crippen LogP contribution >= 0.6 is 11.3 Å². The predicted molar refractivity (Wildman–Crippen MR) is 105 cm³/mol. The number of nitrogens with zero attached hydrogens (tertiary/aromatic N) is 3. The molecule has 6 nitrogen and oxygen atoms in total. The number of alkyl halides is 3. The number of hydrogen-bond acceptors (Lipinski definition) is 7. The van der Waals surface area contributed by atoms with Crippen molar-refractivity contribution in [3.05, 3.63) is 35.0 Å². The number of thiazole rings is 1. The summed E-state index contributed by atoms with van der Waals surface area (Å²) in [6, 6.07) is 7.32. The van der Waals surface area contributed by atoms with Crippen molar-refractivity contribution >= 4 is 33.5 Å². The molecule has 1 aromatic heterocycles. The molecule has 0 spiro atoms. The van der Waals surface area contributed by atoms with Gasteiger partial charge in [0.2, 0.25) is 5.01 Å². The number of nitrogens with one attached hydrogen (secondary N) is 2. The van der Waals surface area contributed by atoms with Crippen molar-refractivity contribution in [2.24, 2.45) is 4.99 Å². The number of ether oxygens (including phenoxy) is 1. The Morgan fingerprint density at radius 2 is 1.89 bits per heavy atom. The van der Waals surface area contributed by atoms with Crippen molar-refractivity contribution in [3.8, 4) is 0 Å². The van der Waals surface area contributed by atoms with Gasteiger partial charge in [-0.05, 0) is 19.1 Å². The number of aromatic nitrogens is 1. The Kier molecular flexibility index (Phi) is 6.53. The third kappa shape index (κ3) is 4.62. The summed E-state index contributed by atoms with van der Waals surface area (Å²) in [6.07, 6.45) is -4.47. The number of rotatable bonds is 1. The Bertz CT molecular complexity index is 829. The van der Waals surface area contributed by atoms with Crippen LogP contribution in [0.3, 0.4) is 0 Å². The average Bonchev–Trinajstić information content (AvgIpc) is 3.05. The van der Waals surface area contributed by atoms with Gasteiger partial charge in [0.25, 0.3) is 0 Å². The molecule has 28 heavy (non-hydrogen) atoms. The molecule has 0 saturated carbocycles. The van der Waals surface area contributed by atoms with E-state index in [4.69, 9.17) is 0 Å². The van der Waals surface area contributed by atoms with Crippen molar-refractivity contribution in [2.75, 3.05) is 45.2 Å². The molecule has 1 saturated heterocycles. The van der Waals surface area contributed by atoms with Crippen LogP contribution < -0.4 is 10.6 Å². The van der Waals surface area contributed by atoms with Gasteiger partial charge in [0.05, 0.1) is 11.4 Å². The molecule has 0 bridgehead atoms. The predicted octanol–water partition coefficient (Wildman–Crippen LogP) is 3.86. The minimum Gasteiger partial charge on any atom is -0.385 e. The van der Waals surface area contributed by atoms with Gasteiger partial charge < -0.3 is 20.3 Å². The number of piperazine rings is 1. The van der Waals surface area contributed by atoms with Crippen molar-refractivity contribution in [2.45, 2.75) is 13.1 Å². The number of para-hydroxylation sites is 2. The van der Waals surface area contributed by atoms with E-state index in [0.717, 1.165) is 19.7 Å². The van der Waals surface area contributed by atoms with Gasteiger partial charge in [-0.3, -0.25) is 0 Å². The molecule has 0 aliphatic carbocycles. The molecule has 0 radical (unpaired) electrons. The van der Waals surface area contributed by atoms with Crippen molar-refractivity contribution < 1.29 is 17.9 Å². The number of benzene rings is 1. The van der Waals surface area contributed by atoms with Crippen LogP contribution in [-0.2, 0) is 10.9 Å². The van der Waals surface area contributed by atoms with E-state index in [2.05, 4.69) is 25.3 Å². The van der Waals surface area contributed by atoms with Gasteiger partial charge in [-0.1, -0.05) is 23.5 Å².